The molecule has 2 nitrogen and oxygen atoms in total. The lowest BCUT2D eigenvalue weighted by atomic mass is 10.1. The van der Waals surface area contributed by atoms with Gasteiger partial charge in [0.05, 0.1) is 0 Å². The van der Waals surface area contributed by atoms with Crippen molar-refractivity contribution < 1.29 is 0 Å². The van der Waals surface area contributed by atoms with Crippen LogP contribution in [-0.4, -0.2) is 18.1 Å². The van der Waals surface area contributed by atoms with Crippen LogP contribution in [0.15, 0.2) is 48.7 Å². The second-order valence-electron chi connectivity index (χ2n) is 4.82. The lowest BCUT2D eigenvalue weighted by molar-refractivity contribution is 0.573. The van der Waals surface area contributed by atoms with Crippen LogP contribution in [0.25, 0.3) is 11.1 Å². The number of pyridine rings is 1. The van der Waals surface area contributed by atoms with Crippen LogP contribution in [0.3, 0.4) is 0 Å². The molecule has 0 amide bonds. The van der Waals surface area contributed by atoms with E-state index < -0.39 is 0 Å². The molecule has 18 heavy (non-hydrogen) atoms. The fourth-order valence-electron chi connectivity index (χ4n) is 2.52. The fourth-order valence-corrected chi connectivity index (χ4v) is 2.52. The molecule has 0 atom stereocenters. The Morgan fingerprint density at radius 1 is 0.833 bits per heavy atom. The van der Waals surface area contributed by atoms with Crippen LogP contribution in [0.4, 0.5) is 5.82 Å². The second kappa shape index (κ2) is 5.21. The lowest BCUT2D eigenvalue weighted by Crippen LogP contribution is -2.30. The maximum Gasteiger partial charge on any atom is 0.129 e. The Hall–Kier alpha value is -1.83. The van der Waals surface area contributed by atoms with Crippen molar-refractivity contribution in [3.8, 4) is 11.1 Å². The molecular weight excluding hydrogens is 220 g/mol. The van der Waals surface area contributed by atoms with Gasteiger partial charge in [-0.15, -0.1) is 0 Å². The topological polar surface area (TPSA) is 16.1 Å². The molecule has 0 unspecified atom stereocenters. The van der Waals surface area contributed by atoms with Gasteiger partial charge in [-0.1, -0.05) is 30.3 Å². The van der Waals surface area contributed by atoms with Crippen LogP contribution in [0.2, 0.25) is 0 Å². The zero-order chi connectivity index (χ0) is 12.2. The molecule has 2 heteroatoms. The van der Waals surface area contributed by atoms with Crippen molar-refractivity contribution >= 4 is 5.82 Å². The van der Waals surface area contributed by atoms with Gasteiger partial charge < -0.3 is 4.90 Å². The van der Waals surface area contributed by atoms with E-state index in [1.165, 1.54) is 30.4 Å². The standard InChI is InChI=1S/C16H18N2/c1-3-7-14(8-4-1)15-9-10-17-16(13-15)18-11-5-2-6-12-18/h1,3-4,7-10,13H,2,5-6,11-12H2. The zero-order valence-corrected chi connectivity index (χ0v) is 10.5. The second-order valence-corrected chi connectivity index (χ2v) is 4.82. The number of nitrogens with zero attached hydrogens (tertiary/aromatic N) is 2. The Morgan fingerprint density at radius 2 is 1.61 bits per heavy atom. The SMILES string of the molecule is c1ccc(-c2ccnc(N3CCCCC3)c2)cc1. The highest BCUT2D eigenvalue weighted by molar-refractivity contribution is 5.66. The molecule has 1 fully saturated rings. The van der Waals surface area contributed by atoms with Crippen LogP contribution in [-0.2, 0) is 0 Å². The number of piperidine rings is 1. The molecule has 1 aromatic carbocycles. The molecule has 2 aromatic rings. The monoisotopic (exact) mass is 238 g/mol. The summed E-state index contributed by atoms with van der Waals surface area (Å²) in [5.74, 6) is 1.12. The number of benzene rings is 1. The number of aromatic nitrogens is 1. The Kier molecular flexibility index (Phi) is 3.26. The molecule has 0 saturated carbocycles. The molecule has 1 aromatic heterocycles. The van der Waals surface area contributed by atoms with Crippen molar-refractivity contribution in [1.82, 2.24) is 4.98 Å². The Labute approximate surface area is 108 Å². The molecule has 0 aliphatic carbocycles. The third-order valence-electron chi connectivity index (χ3n) is 3.53. The van der Waals surface area contributed by atoms with E-state index in [0.29, 0.717) is 0 Å². The highest BCUT2D eigenvalue weighted by atomic mass is 15.2. The molecule has 1 aliphatic heterocycles. The first kappa shape index (κ1) is 11.3. The van der Waals surface area contributed by atoms with E-state index in [9.17, 15) is 0 Å². The quantitative estimate of drug-likeness (QED) is 0.792. The van der Waals surface area contributed by atoms with Gasteiger partial charge in [0.25, 0.3) is 0 Å². The van der Waals surface area contributed by atoms with Crippen molar-refractivity contribution in [1.29, 1.82) is 0 Å². The van der Waals surface area contributed by atoms with E-state index >= 15 is 0 Å². The third-order valence-corrected chi connectivity index (χ3v) is 3.53. The summed E-state index contributed by atoms with van der Waals surface area (Å²) in [6.45, 7) is 2.29. The van der Waals surface area contributed by atoms with E-state index in [2.05, 4.69) is 52.3 Å². The van der Waals surface area contributed by atoms with Crippen molar-refractivity contribution in [3.63, 3.8) is 0 Å². The fraction of sp³-hybridized carbons (Fsp3) is 0.312. The van der Waals surface area contributed by atoms with Crippen LogP contribution in [0.5, 0.6) is 0 Å². The van der Waals surface area contributed by atoms with E-state index in [4.69, 9.17) is 0 Å². The lowest BCUT2D eigenvalue weighted by Gasteiger charge is -2.27. The summed E-state index contributed by atoms with van der Waals surface area (Å²) in [6.07, 6.45) is 5.86. The van der Waals surface area contributed by atoms with Gasteiger partial charge in [-0.2, -0.15) is 0 Å². The Balaban J connectivity index is 1.89. The van der Waals surface area contributed by atoms with E-state index in [0.717, 1.165) is 18.9 Å². The summed E-state index contributed by atoms with van der Waals surface area (Å²) < 4.78 is 0. The highest BCUT2D eigenvalue weighted by Gasteiger charge is 2.12. The maximum absolute atomic E-state index is 4.51. The summed E-state index contributed by atoms with van der Waals surface area (Å²) in [5.41, 5.74) is 2.52. The third kappa shape index (κ3) is 2.37. The zero-order valence-electron chi connectivity index (χ0n) is 10.5. The minimum absolute atomic E-state index is 1.12. The molecule has 92 valence electrons. The van der Waals surface area contributed by atoms with Gasteiger partial charge in [-0.05, 0) is 42.5 Å². The molecule has 3 rings (SSSR count). The van der Waals surface area contributed by atoms with E-state index in [1.54, 1.807) is 0 Å². The summed E-state index contributed by atoms with van der Waals surface area (Å²) in [6, 6.07) is 14.8. The molecule has 1 saturated heterocycles. The summed E-state index contributed by atoms with van der Waals surface area (Å²) in [5, 5.41) is 0. The average Bonchev–Trinajstić information content (AvgIpc) is 2.49. The van der Waals surface area contributed by atoms with Gasteiger partial charge in [0, 0.05) is 19.3 Å². The predicted molar refractivity (Wildman–Crippen MR) is 75.7 cm³/mol. The number of hydrogen-bond donors (Lipinski definition) is 0. The van der Waals surface area contributed by atoms with Crippen LogP contribution in [0.1, 0.15) is 19.3 Å². The van der Waals surface area contributed by atoms with Crippen molar-refractivity contribution in [3.05, 3.63) is 48.7 Å². The molecule has 0 spiro atoms. The maximum atomic E-state index is 4.51. The van der Waals surface area contributed by atoms with E-state index in [1.807, 2.05) is 6.20 Å². The van der Waals surface area contributed by atoms with Crippen LogP contribution < -0.4 is 4.90 Å². The average molecular weight is 238 g/mol. The first-order valence-electron chi connectivity index (χ1n) is 6.70. The van der Waals surface area contributed by atoms with Gasteiger partial charge in [0.2, 0.25) is 0 Å². The normalized spacial score (nSPS) is 15.7. The van der Waals surface area contributed by atoms with Gasteiger partial charge in [-0.3, -0.25) is 0 Å². The molecule has 0 bridgehead atoms. The Morgan fingerprint density at radius 3 is 2.39 bits per heavy atom. The van der Waals surface area contributed by atoms with Crippen LogP contribution in [0, 0.1) is 0 Å². The van der Waals surface area contributed by atoms with Crippen molar-refractivity contribution in [2.24, 2.45) is 0 Å². The van der Waals surface area contributed by atoms with Gasteiger partial charge in [-0.25, -0.2) is 4.98 Å². The highest BCUT2D eigenvalue weighted by Crippen LogP contribution is 2.24. The van der Waals surface area contributed by atoms with Gasteiger partial charge >= 0.3 is 0 Å². The van der Waals surface area contributed by atoms with E-state index in [-0.39, 0.29) is 0 Å². The number of rotatable bonds is 2. The molecule has 0 radical (unpaired) electrons. The predicted octanol–water partition coefficient (Wildman–Crippen LogP) is 3.74. The summed E-state index contributed by atoms with van der Waals surface area (Å²) >= 11 is 0. The first-order valence-corrected chi connectivity index (χ1v) is 6.70. The van der Waals surface area contributed by atoms with Crippen molar-refractivity contribution in [2.45, 2.75) is 19.3 Å². The van der Waals surface area contributed by atoms with Gasteiger partial charge in [0.15, 0.2) is 0 Å². The number of hydrogen-bond acceptors (Lipinski definition) is 2. The summed E-state index contributed by atoms with van der Waals surface area (Å²) in [7, 11) is 0. The smallest absolute Gasteiger partial charge is 0.129 e. The minimum atomic E-state index is 1.12. The first-order chi connectivity index (χ1) is 8.93. The van der Waals surface area contributed by atoms with Crippen molar-refractivity contribution in [2.75, 3.05) is 18.0 Å². The molecular formula is C16H18N2. The van der Waals surface area contributed by atoms with Crippen LogP contribution >= 0.6 is 0 Å². The number of anilines is 1. The van der Waals surface area contributed by atoms with Gasteiger partial charge in [0.1, 0.15) is 5.82 Å². The summed E-state index contributed by atoms with van der Waals surface area (Å²) in [4.78, 5) is 6.91. The largest absolute Gasteiger partial charge is 0.357 e. The Bertz CT molecular complexity index is 502. The molecule has 1 aliphatic rings. The molecule has 2 heterocycles. The minimum Gasteiger partial charge on any atom is -0.357 e. The molecule has 0 N–H and O–H groups in total.